The molecule has 0 saturated heterocycles. The van der Waals surface area contributed by atoms with E-state index >= 15 is 0 Å². The maximum Gasteiger partial charge on any atom is 0.239 e. The minimum absolute atomic E-state index is 0. The number of rotatable bonds is 6. The average molecular weight is 237 g/mol. The van der Waals surface area contributed by atoms with E-state index in [2.05, 4.69) is 13.8 Å². The third-order valence-corrected chi connectivity index (χ3v) is 2.20. The van der Waals surface area contributed by atoms with Crippen LogP contribution in [-0.2, 0) is 4.79 Å². The van der Waals surface area contributed by atoms with Crippen LogP contribution in [-0.4, -0.2) is 29.9 Å². The van der Waals surface area contributed by atoms with Crippen molar-refractivity contribution in [2.45, 2.75) is 46.6 Å². The van der Waals surface area contributed by atoms with Crippen molar-refractivity contribution in [2.24, 2.45) is 11.7 Å². The van der Waals surface area contributed by atoms with E-state index in [0.717, 1.165) is 25.9 Å². The summed E-state index contributed by atoms with van der Waals surface area (Å²) in [5.74, 6) is 0.607. The maximum atomic E-state index is 11.8. The molecule has 0 aromatic heterocycles. The van der Waals surface area contributed by atoms with E-state index in [1.165, 1.54) is 0 Å². The Bertz CT molecular complexity index is 174. The van der Waals surface area contributed by atoms with Crippen LogP contribution in [0.2, 0.25) is 0 Å². The van der Waals surface area contributed by atoms with Crippen LogP contribution < -0.4 is 5.73 Å². The second-order valence-corrected chi connectivity index (χ2v) is 4.17. The van der Waals surface area contributed by atoms with Crippen molar-refractivity contribution in [1.29, 1.82) is 0 Å². The lowest BCUT2D eigenvalue weighted by Crippen LogP contribution is -2.45. The van der Waals surface area contributed by atoms with Gasteiger partial charge in [-0.1, -0.05) is 27.2 Å². The van der Waals surface area contributed by atoms with Crippen LogP contribution in [0.15, 0.2) is 0 Å². The van der Waals surface area contributed by atoms with Crippen LogP contribution in [0.4, 0.5) is 0 Å². The number of hydrogen-bond acceptors (Lipinski definition) is 2. The van der Waals surface area contributed by atoms with Crippen molar-refractivity contribution < 1.29 is 4.79 Å². The Morgan fingerprint density at radius 2 is 1.87 bits per heavy atom. The summed E-state index contributed by atoms with van der Waals surface area (Å²) in [6, 6.07) is -0.307. The summed E-state index contributed by atoms with van der Waals surface area (Å²) in [7, 11) is 0. The first kappa shape index (κ1) is 17.1. The highest BCUT2D eigenvalue weighted by Crippen LogP contribution is 2.03. The Balaban J connectivity index is 0. The molecule has 0 rings (SSSR count). The van der Waals surface area contributed by atoms with Gasteiger partial charge in [-0.15, -0.1) is 12.4 Å². The van der Waals surface area contributed by atoms with E-state index in [1.807, 2.05) is 18.7 Å². The van der Waals surface area contributed by atoms with Crippen molar-refractivity contribution in [3.8, 4) is 0 Å². The molecular formula is C11H25ClN2O. The van der Waals surface area contributed by atoms with E-state index in [4.69, 9.17) is 5.73 Å². The van der Waals surface area contributed by atoms with Crippen LogP contribution in [0.25, 0.3) is 0 Å². The van der Waals surface area contributed by atoms with Gasteiger partial charge in [0, 0.05) is 13.1 Å². The highest BCUT2D eigenvalue weighted by Gasteiger charge is 2.19. The van der Waals surface area contributed by atoms with E-state index < -0.39 is 0 Å². The number of carbonyl (C=O) groups is 1. The summed E-state index contributed by atoms with van der Waals surface area (Å²) in [5.41, 5.74) is 5.79. The monoisotopic (exact) mass is 236 g/mol. The van der Waals surface area contributed by atoms with Crippen molar-refractivity contribution in [3.63, 3.8) is 0 Å². The Hall–Kier alpha value is -0.280. The number of nitrogens with zero attached hydrogens (tertiary/aromatic N) is 1. The molecule has 0 aliphatic heterocycles. The average Bonchev–Trinajstić information content (AvgIpc) is 2.13. The fourth-order valence-corrected chi connectivity index (χ4v) is 1.48. The first-order chi connectivity index (χ1) is 6.52. The molecule has 15 heavy (non-hydrogen) atoms. The van der Waals surface area contributed by atoms with E-state index in [0.29, 0.717) is 5.92 Å². The van der Waals surface area contributed by atoms with Gasteiger partial charge in [0.25, 0.3) is 0 Å². The summed E-state index contributed by atoms with van der Waals surface area (Å²) < 4.78 is 0. The van der Waals surface area contributed by atoms with Crippen molar-refractivity contribution in [3.05, 3.63) is 0 Å². The van der Waals surface area contributed by atoms with Crippen LogP contribution in [0.3, 0.4) is 0 Å². The number of carbonyl (C=O) groups excluding carboxylic acids is 1. The predicted octanol–water partition coefficient (Wildman–Crippen LogP) is 2.04. The van der Waals surface area contributed by atoms with Gasteiger partial charge >= 0.3 is 0 Å². The standard InChI is InChI=1S/C11H24N2O.ClH/c1-5-7-10(12)11(14)13(6-2)8-9(3)4;/h9-10H,5-8,12H2,1-4H3;1H. The van der Waals surface area contributed by atoms with Gasteiger partial charge in [0.1, 0.15) is 0 Å². The molecule has 2 N–H and O–H groups in total. The summed E-state index contributed by atoms with van der Waals surface area (Å²) >= 11 is 0. The second kappa shape index (κ2) is 8.98. The number of nitrogens with two attached hydrogens (primary N) is 1. The molecule has 0 fully saturated rings. The SMILES string of the molecule is CCCC(N)C(=O)N(CC)CC(C)C.Cl. The van der Waals surface area contributed by atoms with E-state index in [9.17, 15) is 4.79 Å². The number of amides is 1. The quantitative estimate of drug-likeness (QED) is 0.767. The molecule has 0 heterocycles. The van der Waals surface area contributed by atoms with Crippen LogP contribution in [0.1, 0.15) is 40.5 Å². The van der Waals surface area contributed by atoms with Crippen LogP contribution >= 0.6 is 12.4 Å². The summed E-state index contributed by atoms with van der Waals surface area (Å²) in [4.78, 5) is 13.7. The first-order valence-electron chi connectivity index (χ1n) is 5.57. The predicted molar refractivity (Wildman–Crippen MR) is 67.2 cm³/mol. The molecule has 92 valence electrons. The summed E-state index contributed by atoms with van der Waals surface area (Å²) in [6.45, 7) is 9.84. The van der Waals surface area contributed by atoms with Gasteiger partial charge in [-0.25, -0.2) is 0 Å². The fraction of sp³-hybridized carbons (Fsp3) is 0.909. The van der Waals surface area contributed by atoms with E-state index in [-0.39, 0.29) is 24.4 Å². The zero-order valence-electron chi connectivity index (χ0n) is 10.3. The first-order valence-corrected chi connectivity index (χ1v) is 5.57. The van der Waals surface area contributed by atoms with Crippen LogP contribution in [0.5, 0.6) is 0 Å². The highest BCUT2D eigenvalue weighted by atomic mass is 35.5. The number of halogens is 1. The molecule has 0 aromatic rings. The molecule has 0 aliphatic rings. The van der Waals surface area contributed by atoms with Gasteiger partial charge in [0.2, 0.25) is 5.91 Å². The third kappa shape index (κ3) is 6.74. The summed E-state index contributed by atoms with van der Waals surface area (Å²) in [5, 5.41) is 0. The molecule has 0 aliphatic carbocycles. The lowest BCUT2D eigenvalue weighted by Gasteiger charge is -2.25. The molecular weight excluding hydrogens is 212 g/mol. The van der Waals surface area contributed by atoms with Gasteiger partial charge in [-0.3, -0.25) is 4.79 Å². The Labute approximate surface area is 99.8 Å². The van der Waals surface area contributed by atoms with Crippen molar-refractivity contribution >= 4 is 18.3 Å². The zero-order valence-corrected chi connectivity index (χ0v) is 11.1. The molecule has 1 unspecified atom stereocenters. The maximum absolute atomic E-state index is 11.8. The smallest absolute Gasteiger partial charge is 0.239 e. The lowest BCUT2D eigenvalue weighted by atomic mass is 10.1. The third-order valence-electron chi connectivity index (χ3n) is 2.20. The number of likely N-dealkylation sites (N-methyl/N-ethyl adjacent to an activating group) is 1. The van der Waals surface area contributed by atoms with Crippen LogP contribution in [0, 0.1) is 5.92 Å². The Morgan fingerprint density at radius 1 is 1.33 bits per heavy atom. The Kier molecular flexibility index (Phi) is 10.3. The lowest BCUT2D eigenvalue weighted by molar-refractivity contribution is -0.133. The molecule has 0 radical (unpaired) electrons. The molecule has 0 bridgehead atoms. The van der Waals surface area contributed by atoms with E-state index in [1.54, 1.807) is 0 Å². The Morgan fingerprint density at radius 3 is 2.20 bits per heavy atom. The molecule has 3 nitrogen and oxygen atoms in total. The number of hydrogen-bond donors (Lipinski definition) is 1. The molecule has 0 aromatic carbocycles. The minimum atomic E-state index is -0.307. The highest BCUT2D eigenvalue weighted by molar-refractivity contribution is 5.85. The van der Waals surface area contributed by atoms with Gasteiger partial charge in [-0.05, 0) is 19.3 Å². The topological polar surface area (TPSA) is 46.3 Å². The fourth-order valence-electron chi connectivity index (χ4n) is 1.48. The molecule has 1 amide bonds. The molecule has 0 spiro atoms. The largest absolute Gasteiger partial charge is 0.341 e. The van der Waals surface area contributed by atoms with Gasteiger partial charge < -0.3 is 10.6 Å². The molecule has 1 atom stereocenters. The normalized spacial score (nSPS) is 12.1. The van der Waals surface area contributed by atoms with Crippen molar-refractivity contribution in [1.82, 2.24) is 4.90 Å². The zero-order chi connectivity index (χ0) is 11.1. The molecule has 4 heteroatoms. The molecule has 0 saturated carbocycles. The van der Waals surface area contributed by atoms with Crippen molar-refractivity contribution in [2.75, 3.05) is 13.1 Å². The second-order valence-electron chi connectivity index (χ2n) is 4.17. The van der Waals surface area contributed by atoms with Gasteiger partial charge in [0.05, 0.1) is 6.04 Å². The van der Waals surface area contributed by atoms with Gasteiger partial charge in [-0.2, -0.15) is 0 Å². The minimum Gasteiger partial charge on any atom is -0.341 e. The summed E-state index contributed by atoms with van der Waals surface area (Å²) in [6.07, 6.45) is 1.75. The van der Waals surface area contributed by atoms with Gasteiger partial charge in [0.15, 0.2) is 0 Å².